The Hall–Kier alpha value is -2.62. The van der Waals surface area contributed by atoms with E-state index in [0.29, 0.717) is 16.4 Å². The van der Waals surface area contributed by atoms with Gasteiger partial charge in [-0.3, -0.25) is 10.1 Å². The summed E-state index contributed by atoms with van der Waals surface area (Å²) in [6.45, 7) is 0. The molecule has 3 rings (SSSR count). The van der Waals surface area contributed by atoms with Gasteiger partial charge >= 0.3 is 0 Å². The molecule has 1 N–H and O–H groups in total. The molecule has 3 aromatic rings. The van der Waals surface area contributed by atoms with Crippen LogP contribution in [0.1, 0.15) is 10.4 Å². The van der Waals surface area contributed by atoms with Crippen molar-refractivity contribution < 1.29 is 17.6 Å². The largest absolute Gasteiger partial charge is 0.298 e. The number of halogens is 1. The first kappa shape index (κ1) is 19.2. The maximum absolute atomic E-state index is 13.0. The van der Waals surface area contributed by atoms with Gasteiger partial charge in [-0.05, 0) is 48.5 Å². The highest BCUT2D eigenvalue weighted by atomic mass is 32.2. The van der Waals surface area contributed by atoms with E-state index in [4.69, 9.17) is 0 Å². The highest BCUT2D eigenvalue weighted by Gasteiger charge is 2.18. The topological polar surface area (TPSA) is 79.4 Å². The molecule has 6 nitrogen and oxygen atoms in total. The number of hydrogen-bond acceptors (Lipinski definition) is 5. The van der Waals surface area contributed by atoms with Crippen LogP contribution in [0.5, 0.6) is 0 Å². The number of hydrogen-bond donors (Lipinski definition) is 1. The second kappa shape index (κ2) is 7.55. The quantitative estimate of drug-likeness (QED) is 0.705. The Kier molecular flexibility index (Phi) is 5.36. The molecule has 0 saturated carbocycles. The number of aromatic nitrogens is 1. The molecule has 9 heteroatoms. The van der Waals surface area contributed by atoms with Crippen molar-refractivity contribution in [2.45, 2.75) is 4.90 Å². The Labute approximate surface area is 160 Å². The summed E-state index contributed by atoms with van der Waals surface area (Å²) in [7, 11) is -0.661. The van der Waals surface area contributed by atoms with Gasteiger partial charge < -0.3 is 0 Å². The van der Waals surface area contributed by atoms with Crippen LogP contribution in [0.2, 0.25) is 0 Å². The minimum atomic E-state index is -3.54. The van der Waals surface area contributed by atoms with Crippen LogP contribution in [0.25, 0.3) is 11.3 Å². The molecule has 2 aromatic carbocycles. The second-order valence-corrected chi connectivity index (χ2v) is 8.82. The van der Waals surface area contributed by atoms with E-state index in [2.05, 4.69) is 10.3 Å². The van der Waals surface area contributed by atoms with Crippen molar-refractivity contribution >= 4 is 32.4 Å². The fourth-order valence-corrected chi connectivity index (χ4v) is 3.86. The molecule has 0 aliphatic rings. The lowest BCUT2D eigenvalue weighted by Crippen LogP contribution is -2.22. The van der Waals surface area contributed by atoms with Gasteiger partial charge in [0.1, 0.15) is 5.82 Å². The third kappa shape index (κ3) is 4.21. The normalized spacial score (nSPS) is 11.6. The lowest BCUT2D eigenvalue weighted by Gasteiger charge is -2.11. The van der Waals surface area contributed by atoms with Crippen LogP contribution in [-0.2, 0) is 10.0 Å². The van der Waals surface area contributed by atoms with Crippen LogP contribution < -0.4 is 5.32 Å². The second-order valence-electron chi connectivity index (χ2n) is 5.81. The smallest absolute Gasteiger partial charge is 0.257 e. The van der Waals surface area contributed by atoms with Gasteiger partial charge in [-0.1, -0.05) is 0 Å². The van der Waals surface area contributed by atoms with Gasteiger partial charge in [0.05, 0.1) is 10.6 Å². The summed E-state index contributed by atoms with van der Waals surface area (Å²) < 4.78 is 38.2. The number of nitrogens with zero attached hydrogens (tertiary/aromatic N) is 2. The van der Waals surface area contributed by atoms with Crippen molar-refractivity contribution in [3.63, 3.8) is 0 Å². The molecule has 0 spiro atoms. The lowest BCUT2D eigenvalue weighted by molar-refractivity contribution is 0.102. The van der Waals surface area contributed by atoms with Crippen molar-refractivity contribution in [2.24, 2.45) is 0 Å². The van der Waals surface area contributed by atoms with Gasteiger partial charge in [0.25, 0.3) is 5.91 Å². The fraction of sp³-hybridized carbons (Fsp3) is 0.111. The Morgan fingerprint density at radius 1 is 1.07 bits per heavy atom. The van der Waals surface area contributed by atoms with E-state index < -0.39 is 15.9 Å². The summed E-state index contributed by atoms with van der Waals surface area (Å²) in [4.78, 5) is 16.8. The van der Waals surface area contributed by atoms with Crippen LogP contribution in [0.15, 0.2) is 58.8 Å². The standard InChI is InChI=1S/C18H16FN3O3S2/c1-22(2)27(24,25)15-9-5-13(6-10-15)17(23)21-18-20-16(11-26-18)12-3-7-14(19)8-4-12/h3-11H,1-2H3,(H,20,21,23). The summed E-state index contributed by atoms with van der Waals surface area (Å²) in [5, 5.41) is 4.83. The number of anilines is 1. The molecule has 0 bridgehead atoms. The molecule has 0 unspecified atom stereocenters. The molecule has 27 heavy (non-hydrogen) atoms. The summed E-state index contributed by atoms with van der Waals surface area (Å²) in [6, 6.07) is 11.6. The van der Waals surface area contributed by atoms with Gasteiger partial charge in [0.15, 0.2) is 5.13 Å². The Balaban J connectivity index is 1.73. The van der Waals surface area contributed by atoms with E-state index in [0.717, 1.165) is 9.87 Å². The summed E-state index contributed by atoms with van der Waals surface area (Å²) in [6.07, 6.45) is 0. The maximum atomic E-state index is 13.0. The first-order chi connectivity index (χ1) is 12.8. The van der Waals surface area contributed by atoms with Crippen molar-refractivity contribution in [3.8, 4) is 11.3 Å². The number of sulfonamides is 1. The minimum absolute atomic E-state index is 0.108. The number of thiazole rings is 1. The monoisotopic (exact) mass is 405 g/mol. The molecule has 0 atom stereocenters. The molecular weight excluding hydrogens is 389 g/mol. The Morgan fingerprint density at radius 2 is 1.70 bits per heavy atom. The van der Waals surface area contributed by atoms with E-state index in [9.17, 15) is 17.6 Å². The number of benzene rings is 2. The molecule has 0 aliphatic heterocycles. The zero-order valence-corrected chi connectivity index (χ0v) is 16.1. The third-order valence-corrected chi connectivity index (χ3v) is 6.35. The molecule has 1 aromatic heterocycles. The van der Waals surface area contributed by atoms with Gasteiger partial charge in [-0.25, -0.2) is 22.1 Å². The molecule has 0 aliphatic carbocycles. The zero-order chi connectivity index (χ0) is 19.6. The van der Waals surface area contributed by atoms with Crippen molar-refractivity contribution in [1.29, 1.82) is 0 Å². The summed E-state index contributed by atoms with van der Waals surface area (Å²) >= 11 is 1.24. The summed E-state index contributed by atoms with van der Waals surface area (Å²) in [5.74, 6) is -0.731. The van der Waals surface area contributed by atoms with Gasteiger partial charge in [0, 0.05) is 30.6 Å². The van der Waals surface area contributed by atoms with Gasteiger partial charge in [-0.15, -0.1) is 11.3 Å². The maximum Gasteiger partial charge on any atom is 0.257 e. The van der Waals surface area contributed by atoms with E-state index in [1.165, 1.54) is 61.8 Å². The average molecular weight is 405 g/mol. The Bertz CT molecular complexity index is 1060. The third-order valence-electron chi connectivity index (χ3n) is 3.76. The molecular formula is C18H16FN3O3S2. The molecule has 0 saturated heterocycles. The minimum Gasteiger partial charge on any atom is -0.298 e. The lowest BCUT2D eigenvalue weighted by atomic mass is 10.2. The average Bonchev–Trinajstić information content (AvgIpc) is 3.10. The highest BCUT2D eigenvalue weighted by molar-refractivity contribution is 7.89. The van der Waals surface area contributed by atoms with Crippen LogP contribution >= 0.6 is 11.3 Å². The van der Waals surface area contributed by atoms with Crippen LogP contribution in [-0.4, -0.2) is 37.7 Å². The van der Waals surface area contributed by atoms with Crippen molar-refractivity contribution in [2.75, 3.05) is 19.4 Å². The van der Waals surface area contributed by atoms with Crippen LogP contribution in [0.4, 0.5) is 9.52 Å². The van der Waals surface area contributed by atoms with Crippen LogP contribution in [0.3, 0.4) is 0 Å². The molecule has 1 amide bonds. The van der Waals surface area contributed by atoms with Crippen LogP contribution in [0, 0.1) is 5.82 Å². The number of carbonyl (C=O) groups is 1. The van der Waals surface area contributed by atoms with Crippen molar-refractivity contribution in [3.05, 3.63) is 65.3 Å². The number of nitrogens with one attached hydrogen (secondary N) is 1. The first-order valence-electron chi connectivity index (χ1n) is 7.83. The summed E-state index contributed by atoms with van der Waals surface area (Å²) in [5.41, 5.74) is 1.68. The fourth-order valence-electron chi connectivity index (χ4n) is 2.24. The highest BCUT2D eigenvalue weighted by Crippen LogP contribution is 2.25. The SMILES string of the molecule is CN(C)S(=O)(=O)c1ccc(C(=O)Nc2nc(-c3ccc(F)cc3)cs2)cc1. The van der Waals surface area contributed by atoms with Crippen molar-refractivity contribution in [1.82, 2.24) is 9.29 Å². The predicted molar refractivity (Wildman–Crippen MR) is 103 cm³/mol. The van der Waals surface area contributed by atoms with Gasteiger partial charge in [0.2, 0.25) is 10.0 Å². The first-order valence-corrected chi connectivity index (χ1v) is 10.1. The van der Waals surface area contributed by atoms with E-state index in [-0.39, 0.29) is 10.7 Å². The predicted octanol–water partition coefficient (Wildman–Crippen LogP) is 3.45. The molecule has 0 radical (unpaired) electrons. The molecule has 1 heterocycles. The number of carbonyl (C=O) groups excluding carboxylic acids is 1. The molecule has 0 fully saturated rings. The van der Waals surface area contributed by atoms with E-state index in [1.54, 1.807) is 17.5 Å². The van der Waals surface area contributed by atoms with E-state index in [1.807, 2.05) is 0 Å². The van der Waals surface area contributed by atoms with Gasteiger partial charge in [-0.2, -0.15) is 0 Å². The number of amides is 1. The van der Waals surface area contributed by atoms with E-state index >= 15 is 0 Å². The Morgan fingerprint density at radius 3 is 2.30 bits per heavy atom. The number of rotatable bonds is 5. The molecule has 140 valence electrons. The zero-order valence-electron chi connectivity index (χ0n) is 14.5.